The first-order valence-electron chi connectivity index (χ1n) is 16.6. The van der Waals surface area contributed by atoms with E-state index in [-0.39, 0.29) is 18.5 Å². The summed E-state index contributed by atoms with van der Waals surface area (Å²) in [5.74, 6) is -0.883. The minimum atomic E-state index is -0.727. The molecule has 42 heavy (non-hydrogen) atoms. The Hall–Kier alpha value is -2.88. The highest BCUT2D eigenvalue weighted by atomic mass is 16.5. The molecule has 0 aliphatic heterocycles. The number of carboxylic acids is 1. The van der Waals surface area contributed by atoms with Crippen molar-refractivity contribution in [2.75, 3.05) is 0 Å². The van der Waals surface area contributed by atoms with Gasteiger partial charge in [-0.2, -0.15) is 0 Å². The van der Waals surface area contributed by atoms with E-state index in [0.29, 0.717) is 12.8 Å². The minimum Gasteiger partial charge on any atom is -0.481 e. The van der Waals surface area contributed by atoms with Crippen molar-refractivity contribution in [1.82, 2.24) is 0 Å². The van der Waals surface area contributed by atoms with E-state index in [1.54, 1.807) is 0 Å². The Morgan fingerprint density at radius 1 is 0.571 bits per heavy atom. The largest absolute Gasteiger partial charge is 0.481 e. The number of hydrogen-bond donors (Lipinski definition) is 1. The Bertz CT molecular complexity index is 841. The summed E-state index contributed by atoms with van der Waals surface area (Å²) in [6.07, 6.45) is 47.4. The maximum atomic E-state index is 12.5. The maximum absolute atomic E-state index is 12.5. The molecular weight excluding hydrogens is 520 g/mol. The third-order valence-corrected chi connectivity index (χ3v) is 6.60. The van der Waals surface area contributed by atoms with Gasteiger partial charge in [-0.25, -0.2) is 0 Å². The highest BCUT2D eigenvalue weighted by Crippen LogP contribution is 2.13. The van der Waals surface area contributed by atoms with Crippen LogP contribution in [-0.2, 0) is 14.3 Å². The van der Waals surface area contributed by atoms with Crippen LogP contribution in [0.1, 0.15) is 136 Å². The number of carboxylic acid groups (broad SMARTS) is 1. The molecule has 0 bridgehead atoms. The first-order chi connectivity index (χ1) is 20.6. The zero-order valence-corrected chi connectivity index (χ0v) is 26.8. The summed E-state index contributed by atoms with van der Waals surface area (Å²) >= 11 is 0. The van der Waals surface area contributed by atoms with Crippen LogP contribution in [0.5, 0.6) is 0 Å². The van der Waals surface area contributed by atoms with Gasteiger partial charge in [0.15, 0.2) is 0 Å². The average molecular weight is 581 g/mol. The molecule has 0 saturated carbocycles. The van der Waals surface area contributed by atoms with Crippen molar-refractivity contribution in [1.29, 1.82) is 0 Å². The lowest BCUT2D eigenvalue weighted by Crippen LogP contribution is -2.16. The standard InChI is InChI=1S/C38H60O4/c1-3-5-7-9-11-13-15-16-18-20-22-27-31-35-38(41)42-36(33-29-25-23-26-30-34-37(39)40)32-28-24-21-19-17-14-12-10-8-6-4-2/h5,7,11-14,16,18-19,21-22,27-28,32,36H,3-4,6,8-10,15,17,20,23-26,29-31,33-35H2,1-2H3,(H,39,40)/b7-5-,13-11-,14-12-,18-16-,21-19-,27-22-,32-28-. The summed E-state index contributed by atoms with van der Waals surface area (Å²) in [4.78, 5) is 23.2. The molecule has 0 rings (SSSR count). The van der Waals surface area contributed by atoms with Crippen LogP contribution >= 0.6 is 0 Å². The van der Waals surface area contributed by atoms with E-state index < -0.39 is 5.97 Å². The number of hydrogen-bond acceptors (Lipinski definition) is 3. The fourth-order valence-electron chi connectivity index (χ4n) is 4.18. The summed E-state index contributed by atoms with van der Waals surface area (Å²) < 4.78 is 5.81. The van der Waals surface area contributed by atoms with Crippen LogP contribution in [0, 0.1) is 0 Å². The molecule has 236 valence electrons. The molecule has 1 N–H and O–H groups in total. The smallest absolute Gasteiger partial charge is 0.306 e. The Labute approximate surface area is 258 Å². The number of aliphatic carboxylic acids is 1. The van der Waals surface area contributed by atoms with Gasteiger partial charge < -0.3 is 9.84 Å². The first-order valence-corrected chi connectivity index (χ1v) is 16.6. The summed E-state index contributed by atoms with van der Waals surface area (Å²) in [5.41, 5.74) is 0. The van der Waals surface area contributed by atoms with E-state index in [9.17, 15) is 9.59 Å². The Kier molecular flexibility index (Phi) is 30.4. The predicted molar refractivity (Wildman–Crippen MR) is 181 cm³/mol. The number of rotatable bonds is 28. The molecule has 1 unspecified atom stereocenters. The number of carbonyl (C=O) groups is 2. The quantitative estimate of drug-likeness (QED) is 0.0568. The van der Waals surface area contributed by atoms with Crippen molar-refractivity contribution in [2.24, 2.45) is 0 Å². The molecule has 0 fully saturated rings. The van der Waals surface area contributed by atoms with Gasteiger partial charge in [0.25, 0.3) is 0 Å². The van der Waals surface area contributed by atoms with Crippen molar-refractivity contribution in [3.05, 3.63) is 85.1 Å². The van der Waals surface area contributed by atoms with Crippen molar-refractivity contribution < 1.29 is 19.4 Å². The van der Waals surface area contributed by atoms with Crippen LogP contribution in [0.2, 0.25) is 0 Å². The second-order valence-corrected chi connectivity index (χ2v) is 10.6. The van der Waals surface area contributed by atoms with Gasteiger partial charge in [0.05, 0.1) is 0 Å². The monoisotopic (exact) mass is 580 g/mol. The lowest BCUT2D eigenvalue weighted by Gasteiger charge is -2.14. The third-order valence-electron chi connectivity index (χ3n) is 6.60. The number of unbranched alkanes of at least 4 members (excludes halogenated alkanes) is 7. The van der Waals surface area contributed by atoms with E-state index >= 15 is 0 Å². The molecule has 0 heterocycles. The summed E-state index contributed by atoms with van der Waals surface area (Å²) in [6.45, 7) is 4.37. The van der Waals surface area contributed by atoms with Gasteiger partial charge in [-0.1, -0.05) is 125 Å². The van der Waals surface area contributed by atoms with E-state index in [0.717, 1.165) is 83.5 Å². The molecule has 0 aromatic rings. The molecule has 1 atom stereocenters. The molecule has 0 saturated heterocycles. The van der Waals surface area contributed by atoms with Crippen LogP contribution in [0.25, 0.3) is 0 Å². The SMILES string of the molecule is CC/C=C\C/C=C\C/C=C\C/C=C\CCC(=O)OC(/C=C\C/C=C\C/C=C\CCCCC)CCCCCCCC(=O)O. The van der Waals surface area contributed by atoms with Gasteiger partial charge in [0.2, 0.25) is 0 Å². The van der Waals surface area contributed by atoms with Gasteiger partial charge in [0, 0.05) is 12.8 Å². The molecule has 0 spiro atoms. The zero-order valence-electron chi connectivity index (χ0n) is 26.8. The summed E-state index contributed by atoms with van der Waals surface area (Å²) in [6, 6.07) is 0. The van der Waals surface area contributed by atoms with E-state index in [1.165, 1.54) is 19.3 Å². The van der Waals surface area contributed by atoms with Crippen LogP contribution in [0.4, 0.5) is 0 Å². The minimum absolute atomic E-state index is 0.155. The predicted octanol–water partition coefficient (Wildman–Crippen LogP) is 11.3. The molecule has 0 aliphatic carbocycles. The first kappa shape index (κ1) is 39.1. The van der Waals surface area contributed by atoms with Crippen LogP contribution < -0.4 is 0 Å². The van der Waals surface area contributed by atoms with E-state index in [2.05, 4.69) is 92.8 Å². The Balaban J connectivity index is 4.42. The van der Waals surface area contributed by atoms with Gasteiger partial charge in [0.1, 0.15) is 6.10 Å². The average Bonchev–Trinajstić information content (AvgIpc) is 2.97. The van der Waals surface area contributed by atoms with Gasteiger partial charge in [-0.05, 0) is 83.1 Å². The highest BCUT2D eigenvalue weighted by molar-refractivity contribution is 5.69. The van der Waals surface area contributed by atoms with Crippen molar-refractivity contribution in [2.45, 2.75) is 142 Å². The van der Waals surface area contributed by atoms with E-state index in [1.807, 2.05) is 6.08 Å². The number of esters is 1. The molecule has 0 aromatic carbocycles. The molecule has 4 heteroatoms. The van der Waals surface area contributed by atoms with E-state index in [4.69, 9.17) is 9.84 Å². The normalized spacial score (nSPS) is 13.4. The van der Waals surface area contributed by atoms with Crippen LogP contribution in [-0.4, -0.2) is 23.1 Å². The maximum Gasteiger partial charge on any atom is 0.306 e. The summed E-state index contributed by atoms with van der Waals surface area (Å²) in [5, 5.41) is 8.77. The second kappa shape index (κ2) is 32.6. The molecule has 0 amide bonds. The molecule has 0 aromatic heterocycles. The second-order valence-electron chi connectivity index (χ2n) is 10.6. The van der Waals surface area contributed by atoms with Crippen molar-refractivity contribution in [3.63, 3.8) is 0 Å². The Morgan fingerprint density at radius 3 is 1.69 bits per heavy atom. The van der Waals surface area contributed by atoms with Crippen molar-refractivity contribution in [3.8, 4) is 0 Å². The topological polar surface area (TPSA) is 63.6 Å². The molecular formula is C38H60O4. The lowest BCUT2D eigenvalue weighted by molar-refractivity contribution is -0.147. The van der Waals surface area contributed by atoms with Crippen molar-refractivity contribution >= 4 is 11.9 Å². The lowest BCUT2D eigenvalue weighted by atomic mass is 10.1. The number of allylic oxidation sites excluding steroid dienone is 13. The molecule has 4 nitrogen and oxygen atoms in total. The summed E-state index contributed by atoms with van der Waals surface area (Å²) in [7, 11) is 0. The number of ether oxygens (including phenoxy) is 1. The molecule has 0 radical (unpaired) electrons. The number of carbonyl (C=O) groups excluding carboxylic acids is 1. The van der Waals surface area contributed by atoms with Crippen LogP contribution in [0.3, 0.4) is 0 Å². The Morgan fingerprint density at radius 2 is 1.10 bits per heavy atom. The van der Waals surface area contributed by atoms with Gasteiger partial charge >= 0.3 is 11.9 Å². The fourth-order valence-corrected chi connectivity index (χ4v) is 4.18. The van der Waals surface area contributed by atoms with Gasteiger partial charge in [-0.3, -0.25) is 9.59 Å². The van der Waals surface area contributed by atoms with Crippen LogP contribution in [0.15, 0.2) is 85.1 Å². The highest BCUT2D eigenvalue weighted by Gasteiger charge is 2.11. The van der Waals surface area contributed by atoms with Gasteiger partial charge in [-0.15, -0.1) is 0 Å². The fraction of sp³-hybridized carbons (Fsp3) is 0.579. The third kappa shape index (κ3) is 31.6. The molecule has 0 aliphatic rings. The zero-order chi connectivity index (χ0) is 30.8.